The average molecular weight is 397 g/mol. The molecule has 0 aliphatic rings. The van der Waals surface area contributed by atoms with E-state index in [1.165, 1.54) is 6.26 Å². The number of thiophene rings is 1. The van der Waals surface area contributed by atoms with E-state index in [4.69, 9.17) is 4.42 Å². The van der Waals surface area contributed by atoms with Gasteiger partial charge in [0.25, 0.3) is 11.8 Å². The fraction of sp³-hybridized carbons (Fsp3) is 0.150. The number of amides is 3. The van der Waals surface area contributed by atoms with Crippen LogP contribution >= 0.6 is 11.3 Å². The number of benzene rings is 1. The van der Waals surface area contributed by atoms with Gasteiger partial charge in [0.1, 0.15) is 0 Å². The van der Waals surface area contributed by atoms with Crippen molar-refractivity contribution in [1.29, 1.82) is 0 Å². The Balaban J connectivity index is 1.53. The van der Waals surface area contributed by atoms with Gasteiger partial charge in [-0.1, -0.05) is 18.2 Å². The largest absolute Gasteiger partial charge is 0.459 e. The smallest absolute Gasteiger partial charge is 0.291 e. The SMILES string of the molecule is Cc1cccc(C)c1NC(=O)CNC(=O)c1ccc(NC(=O)c2ccco2)s1. The number of carbonyl (C=O) groups is 3. The van der Waals surface area contributed by atoms with Gasteiger partial charge in [0, 0.05) is 5.69 Å². The quantitative estimate of drug-likeness (QED) is 0.592. The average Bonchev–Trinajstić information content (AvgIpc) is 3.35. The van der Waals surface area contributed by atoms with Crippen LogP contribution in [-0.2, 0) is 4.79 Å². The molecule has 0 aliphatic carbocycles. The highest BCUT2D eigenvalue weighted by Gasteiger charge is 2.14. The topological polar surface area (TPSA) is 100 Å². The van der Waals surface area contributed by atoms with Gasteiger partial charge in [-0.3, -0.25) is 14.4 Å². The number of furan rings is 1. The van der Waals surface area contributed by atoms with Crippen LogP contribution in [0.15, 0.2) is 53.1 Å². The lowest BCUT2D eigenvalue weighted by molar-refractivity contribution is -0.115. The van der Waals surface area contributed by atoms with Gasteiger partial charge in [-0.05, 0) is 49.2 Å². The standard InChI is InChI=1S/C20H19N3O4S/c1-12-5-3-6-13(2)18(12)22-16(24)11-21-20(26)15-8-9-17(28-15)23-19(25)14-7-4-10-27-14/h3-10H,11H2,1-2H3,(H,21,26)(H,22,24)(H,23,25). The molecule has 0 atom stereocenters. The maximum atomic E-state index is 12.3. The zero-order valence-corrected chi connectivity index (χ0v) is 16.2. The second-order valence-corrected chi connectivity index (χ2v) is 7.18. The number of carbonyl (C=O) groups excluding carboxylic acids is 3. The zero-order valence-electron chi connectivity index (χ0n) is 15.4. The highest BCUT2D eigenvalue weighted by molar-refractivity contribution is 7.18. The summed E-state index contributed by atoms with van der Waals surface area (Å²) in [5.74, 6) is -0.914. The number of rotatable bonds is 6. The molecule has 144 valence electrons. The molecule has 0 bridgehead atoms. The van der Waals surface area contributed by atoms with E-state index in [-0.39, 0.29) is 24.1 Å². The fourth-order valence-electron chi connectivity index (χ4n) is 2.55. The second kappa shape index (κ2) is 8.53. The lowest BCUT2D eigenvalue weighted by Crippen LogP contribution is -2.32. The summed E-state index contributed by atoms with van der Waals surface area (Å²) in [7, 11) is 0. The zero-order chi connectivity index (χ0) is 20.1. The molecule has 1 aromatic carbocycles. The summed E-state index contributed by atoms with van der Waals surface area (Å²) in [5, 5.41) is 8.56. The lowest BCUT2D eigenvalue weighted by Gasteiger charge is -2.11. The molecule has 3 aromatic rings. The highest BCUT2D eigenvalue weighted by Crippen LogP contribution is 2.23. The van der Waals surface area contributed by atoms with Gasteiger partial charge in [-0.2, -0.15) is 0 Å². The van der Waals surface area contributed by atoms with Crippen LogP contribution in [0.5, 0.6) is 0 Å². The van der Waals surface area contributed by atoms with Crippen molar-refractivity contribution >= 4 is 39.7 Å². The molecule has 0 radical (unpaired) electrons. The summed E-state index contributed by atoms with van der Waals surface area (Å²) in [6, 6.07) is 12.1. The van der Waals surface area contributed by atoms with Crippen LogP contribution in [0.2, 0.25) is 0 Å². The molecule has 0 aliphatic heterocycles. The minimum atomic E-state index is -0.396. The van der Waals surface area contributed by atoms with E-state index in [2.05, 4.69) is 16.0 Å². The highest BCUT2D eigenvalue weighted by atomic mass is 32.1. The molecule has 3 N–H and O–H groups in total. The maximum Gasteiger partial charge on any atom is 0.291 e. The van der Waals surface area contributed by atoms with Crippen molar-refractivity contribution < 1.29 is 18.8 Å². The van der Waals surface area contributed by atoms with Crippen molar-refractivity contribution in [3.63, 3.8) is 0 Å². The normalized spacial score (nSPS) is 10.4. The first-order chi connectivity index (χ1) is 13.4. The number of hydrogen-bond acceptors (Lipinski definition) is 5. The van der Waals surface area contributed by atoms with E-state index in [1.807, 2.05) is 32.0 Å². The number of nitrogens with one attached hydrogen (secondary N) is 3. The van der Waals surface area contributed by atoms with Crippen LogP contribution < -0.4 is 16.0 Å². The van der Waals surface area contributed by atoms with Crippen LogP contribution in [-0.4, -0.2) is 24.3 Å². The number of aryl methyl sites for hydroxylation is 2. The van der Waals surface area contributed by atoms with Crippen molar-refractivity contribution in [2.75, 3.05) is 17.2 Å². The Morgan fingerprint density at radius 3 is 2.36 bits per heavy atom. The monoisotopic (exact) mass is 397 g/mol. The summed E-state index contributed by atoms with van der Waals surface area (Å²) in [6.45, 7) is 3.66. The Labute approximate surface area is 165 Å². The van der Waals surface area contributed by atoms with Crippen LogP contribution in [0.25, 0.3) is 0 Å². The molecule has 3 rings (SSSR count). The number of hydrogen-bond donors (Lipinski definition) is 3. The molecule has 0 unspecified atom stereocenters. The van der Waals surface area contributed by atoms with E-state index in [1.54, 1.807) is 24.3 Å². The van der Waals surface area contributed by atoms with Crippen LogP contribution in [0.1, 0.15) is 31.4 Å². The van der Waals surface area contributed by atoms with E-state index in [0.29, 0.717) is 9.88 Å². The van der Waals surface area contributed by atoms with E-state index < -0.39 is 5.91 Å². The first-order valence-electron chi connectivity index (χ1n) is 8.53. The van der Waals surface area contributed by atoms with Crippen molar-refractivity contribution in [1.82, 2.24) is 5.32 Å². The molecule has 3 amide bonds. The fourth-order valence-corrected chi connectivity index (χ4v) is 3.37. The Morgan fingerprint density at radius 2 is 1.68 bits per heavy atom. The third-order valence-electron chi connectivity index (χ3n) is 3.97. The van der Waals surface area contributed by atoms with E-state index in [9.17, 15) is 14.4 Å². The molecule has 28 heavy (non-hydrogen) atoms. The van der Waals surface area contributed by atoms with Crippen LogP contribution in [0.3, 0.4) is 0 Å². The summed E-state index contributed by atoms with van der Waals surface area (Å²) in [4.78, 5) is 36.7. The van der Waals surface area contributed by atoms with Crippen molar-refractivity contribution in [2.24, 2.45) is 0 Å². The Morgan fingerprint density at radius 1 is 0.929 bits per heavy atom. The molecule has 2 aromatic heterocycles. The van der Waals surface area contributed by atoms with Crippen molar-refractivity contribution in [2.45, 2.75) is 13.8 Å². The molecule has 0 fully saturated rings. The predicted molar refractivity (Wildman–Crippen MR) is 108 cm³/mol. The van der Waals surface area contributed by atoms with Crippen molar-refractivity contribution in [3.05, 3.63) is 70.5 Å². The molecule has 0 saturated carbocycles. The summed E-state index contributed by atoms with van der Waals surface area (Å²) >= 11 is 1.11. The molecular formula is C20H19N3O4S. The number of para-hydroxylation sites is 1. The molecule has 7 nitrogen and oxygen atoms in total. The molecule has 0 spiro atoms. The first-order valence-corrected chi connectivity index (χ1v) is 9.34. The van der Waals surface area contributed by atoms with Gasteiger partial charge in [0.05, 0.1) is 22.7 Å². The van der Waals surface area contributed by atoms with E-state index in [0.717, 1.165) is 28.2 Å². The molecule has 2 heterocycles. The van der Waals surface area contributed by atoms with Crippen LogP contribution in [0, 0.1) is 13.8 Å². The first kappa shape index (κ1) is 19.4. The number of anilines is 2. The van der Waals surface area contributed by atoms with Gasteiger partial charge >= 0.3 is 0 Å². The molecular weight excluding hydrogens is 378 g/mol. The minimum absolute atomic E-state index is 0.154. The van der Waals surface area contributed by atoms with E-state index >= 15 is 0 Å². The van der Waals surface area contributed by atoms with Gasteiger partial charge in [-0.25, -0.2) is 0 Å². The Bertz CT molecular complexity index is 988. The second-order valence-electron chi connectivity index (χ2n) is 6.09. The maximum absolute atomic E-state index is 12.3. The van der Waals surface area contributed by atoms with Crippen LogP contribution in [0.4, 0.5) is 10.7 Å². The van der Waals surface area contributed by atoms with Gasteiger partial charge in [0.15, 0.2) is 5.76 Å². The summed E-state index contributed by atoms with van der Waals surface area (Å²) < 4.78 is 5.02. The summed E-state index contributed by atoms with van der Waals surface area (Å²) in [5.41, 5.74) is 2.66. The molecule has 8 heteroatoms. The summed E-state index contributed by atoms with van der Waals surface area (Å²) in [6.07, 6.45) is 1.41. The Kier molecular flexibility index (Phi) is 5.90. The van der Waals surface area contributed by atoms with Gasteiger partial charge in [0.2, 0.25) is 5.91 Å². The van der Waals surface area contributed by atoms with Gasteiger partial charge < -0.3 is 20.4 Å². The van der Waals surface area contributed by atoms with Gasteiger partial charge in [-0.15, -0.1) is 11.3 Å². The van der Waals surface area contributed by atoms with Crippen molar-refractivity contribution in [3.8, 4) is 0 Å². The third-order valence-corrected chi connectivity index (χ3v) is 4.97. The lowest BCUT2D eigenvalue weighted by atomic mass is 10.1. The molecule has 0 saturated heterocycles. The predicted octanol–water partition coefficient (Wildman–Crippen LogP) is 3.58. The Hall–Kier alpha value is -3.39. The third kappa shape index (κ3) is 4.66. The minimum Gasteiger partial charge on any atom is -0.459 e.